The fourth-order valence-corrected chi connectivity index (χ4v) is 2.37. The van der Waals surface area contributed by atoms with Crippen LogP contribution < -0.4 is 5.32 Å². The van der Waals surface area contributed by atoms with E-state index in [1.165, 1.54) is 0 Å². The van der Waals surface area contributed by atoms with Crippen molar-refractivity contribution in [1.29, 1.82) is 0 Å². The summed E-state index contributed by atoms with van der Waals surface area (Å²) in [6.07, 6.45) is 0.933. The summed E-state index contributed by atoms with van der Waals surface area (Å²) in [5.41, 5.74) is 0.290. The number of rotatable bonds is 7. The second-order valence-electron chi connectivity index (χ2n) is 6.68. The number of nitrogens with one attached hydrogen (secondary N) is 1. The summed E-state index contributed by atoms with van der Waals surface area (Å²) in [4.78, 5) is 23.7. The second kappa shape index (κ2) is 7.63. The normalized spacial score (nSPS) is 13.0. The molecule has 0 saturated carbocycles. The Morgan fingerprint density at radius 1 is 1.23 bits per heavy atom. The molecule has 0 aromatic heterocycles. The van der Waals surface area contributed by atoms with Crippen molar-refractivity contribution in [2.45, 2.75) is 46.6 Å². The van der Waals surface area contributed by atoms with Gasteiger partial charge in [0.15, 0.2) is 0 Å². The van der Waals surface area contributed by atoms with Crippen LogP contribution in [0.5, 0.6) is 0 Å². The van der Waals surface area contributed by atoms with Crippen LogP contribution in [0.1, 0.15) is 39.7 Å². The number of hydrogen-bond donors (Lipinski definition) is 2. The molecule has 0 aliphatic carbocycles. The van der Waals surface area contributed by atoms with E-state index in [9.17, 15) is 14.7 Å². The Morgan fingerprint density at radius 2 is 1.77 bits per heavy atom. The highest BCUT2D eigenvalue weighted by Gasteiger charge is 2.31. The number of aliphatic carboxylic acids is 1. The third-order valence-corrected chi connectivity index (χ3v) is 3.74. The van der Waals surface area contributed by atoms with Gasteiger partial charge in [-0.3, -0.25) is 4.79 Å². The van der Waals surface area contributed by atoms with Crippen molar-refractivity contribution in [2.75, 3.05) is 0 Å². The van der Waals surface area contributed by atoms with E-state index in [2.05, 4.69) is 5.32 Å². The molecule has 1 unspecified atom stereocenters. The Morgan fingerprint density at radius 3 is 2.23 bits per heavy atom. The SMILES string of the molecule is CC(C)CC(NC(=O)C(C)(C)Cc1ccc(Cl)cc1)C(=O)O. The van der Waals surface area contributed by atoms with E-state index < -0.39 is 17.4 Å². The molecule has 1 aromatic carbocycles. The largest absolute Gasteiger partial charge is 0.480 e. The first-order chi connectivity index (χ1) is 10.1. The lowest BCUT2D eigenvalue weighted by molar-refractivity contribution is -0.143. The monoisotopic (exact) mass is 325 g/mol. The van der Waals surface area contributed by atoms with E-state index in [4.69, 9.17) is 11.6 Å². The van der Waals surface area contributed by atoms with Crippen LogP contribution in [0.4, 0.5) is 0 Å². The van der Waals surface area contributed by atoms with E-state index in [1.807, 2.05) is 39.8 Å². The number of amides is 1. The Balaban J connectivity index is 2.76. The fraction of sp³-hybridized carbons (Fsp3) is 0.529. The van der Waals surface area contributed by atoms with Gasteiger partial charge >= 0.3 is 5.97 Å². The summed E-state index contributed by atoms with van der Waals surface area (Å²) >= 11 is 5.85. The molecule has 0 heterocycles. The minimum atomic E-state index is -0.996. The van der Waals surface area contributed by atoms with Crippen LogP contribution in [0.3, 0.4) is 0 Å². The molecule has 1 aromatic rings. The molecule has 2 N–H and O–H groups in total. The summed E-state index contributed by atoms with van der Waals surface area (Å²) in [6, 6.07) is 6.46. The maximum atomic E-state index is 12.4. The lowest BCUT2D eigenvalue weighted by Crippen LogP contribution is -2.47. The number of hydrogen-bond acceptors (Lipinski definition) is 2. The molecule has 0 aliphatic rings. The molecular formula is C17H24ClNO3. The molecule has 5 heteroatoms. The Labute approximate surface area is 136 Å². The first-order valence-corrected chi connectivity index (χ1v) is 7.78. The van der Waals surface area contributed by atoms with Crippen LogP contribution in [-0.2, 0) is 16.0 Å². The number of halogens is 1. The molecule has 4 nitrogen and oxygen atoms in total. The quantitative estimate of drug-likeness (QED) is 0.806. The van der Waals surface area contributed by atoms with Crippen LogP contribution in [0.15, 0.2) is 24.3 Å². The highest BCUT2D eigenvalue weighted by atomic mass is 35.5. The average molecular weight is 326 g/mol. The highest BCUT2D eigenvalue weighted by molar-refractivity contribution is 6.30. The maximum Gasteiger partial charge on any atom is 0.326 e. The van der Waals surface area contributed by atoms with E-state index in [-0.39, 0.29) is 11.8 Å². The number of carbonyl (C=O) groups is 2. The Bertz CT molecular complexity index is 523. The highest BCUT2D eigenvalue weighted by Crippen LogP contribution is 2.24. The number of benzene rings is 1. The van der Waals surface area contributed by atoms with Gasteiger partial charge in [-0.15, -0.1) is 0 Å². The topological polar surface area (TPSA) is 66.4 Å². The van der Waals surface area contributed by atoms with E-state index in [1.54, 1.807) is 12.1 Å². The second-order valence-corrected chi connectivity index (χ2v) is 7.12. The molecule has 22 heavy (non-hydrogen) atoms. The van der Waals surface area contributed by atoms with Crippen LogP contribution >= 0.6 is 11.6 Å². The minimum absolute atomic E-state index is 0.195. The standard InChI is InChI=1S/C17H24ClNO3/c1-11(2)9-14(15(20)21)19-16(22)17(3,4)10-12-5-7-13(18)8-6-12/h5-8,11,14H,9-10H2,1-4H3,(H,19,22)(H,20,21). The van der Waals surface area contributed by atoms with Crippen molar-refractivity contribution in [3.8, 4) is 0 Å². The minimum Gasteiger partial charge on any atom is -0.480 e. The Kier molecular flexibility index (Phi) is 6.42. The van der Waals surface area contributed by atoms with Gasteiger partial charge in [0.05, 0.1) is 0 Å². The third-order valence-electron chi connectivity index (χ3n) is 3.48. The van der Waals surface area contributed by atoms with Gasteiger partial charge < -0.3 is 10.4 Å². The van der Waals surface area contributed by atoms with Crippen molar-refractivity contribution in [1.82, 2.24) is 5.32 Å². The molecule has 0 fully saturated rings. The molecule has 1 rings (SSSR count). The summed E-state index contributed by atoms with van der Waals surface area (Å²) in [5.74, 6) is -1.05. The zero-order valence-electron chi connectivity index (χ0n) is 13.5. The predicted molar refractivity (Wildman–Crippen MR) is 88.0 cm³/mol. The maximum absolute atomic E-state index is 12.4. The van der Waals surface area contributed by atoms with Crippen molar-refractivity contribution < 1.29 is 14.7 Å². The number of carbonyl (C=O) groups excluding carboxylic acids is 1. The first kappa shape index (κ1) is 18.5. The fourth-order valence-electron chi connectivity index (χ4n) is 2.24. The zero-order valence-corrected chi connectivity index (χ0v) is 14.3. The van der Waals surface area contributed by atoms with Gasteiger partial charge in [0.1, 0.15) is 6.04 Å². The van der Waals surface area contributed by atoms with Gasteiger partial charge in [-0.1, -0.05) is 51.4 Å². The smallest absolute Gasteiger partial charge is 0.326 e. The molecule has 0 radical (unpaired) electrons. The molecular weight excluding hydrogens is 302 g/mol. The van der Waals surface area contributed by atoms with Gasteiger partial charge in [-0.2, -0.15) is 0 Å². The van der Waals surface area contributed by atoms with Crippen LogP contribution in [0.2, 0.25) is 5.02 Å². The summed E-state index contributed by atoms with van der Waals surface area (Å²) in [5, 5.41) is 12.5. The van der Waals surface area contributed by atoms with Gasteiger partial charge in [0.25, 0.3) is 0 Å². The first-order valence-electron chi connectivity index (χ1n) is 7.40. The number of carboxylic acids is 1. The van der Waals surface area contributed by atoms with Crippen LogP contribution in [-0.4, -0.2) is 23.0 Å². The molecule has 0 aliphatic heterocycles. The van der Waals surface area contributed by atoms with Gasteiger partial charge in [0.2, 0.25) is 5.91 Å². The van der Waals surface area contributed by atoms with E-state index in [0.29, 0.717) is 17.9 Å². The molecule has 1 atom stereocenters. The average Bonchev–Trinajstić information content (AvgIpc) is 2.39. The van der Waals surface area contributed by atoms with E-state index >= 15 is 0 Å². The van der Waals surface area contributed by atoms with E-state index in [0.717, 1.165) is 5.56 Å². The molecule has 0 bridgehead atoms. The van der Waals surface area contributed by atoms with Gasteiger partial charge in [0, 0.05) is 10.4 Å². The number of carboxylic acid groups (broad SMARTS) is 1. The zero-order chi connectivity index (χ0) is 16.9. The lowest BCUT2D eigenvalue weighted by Gasteiger charge is -2.26. The summed E-state index contributed by atoms with van der Waals surface area (Å²) in [7, 11) is 0. The Hall–Kier alpha value is -1.55. The molecule has 0 spiro atoms. The molecule has 122 valence electrons. The van der Waals surface area contributed by atoms with Crippen molar-refractivity contribution in [3.63, 3.8) is 0 Å². The van der Waals surface area contributed by atoms with Gasteiger partial charge in [-0.05, 0) is 36.5 Å². The predicted octanol–water partition coefficient (Wildman–Crippen LogP) is 3.52. The summed E-state index contributed by atoms with van der Waals surface area (Å²) in [6.45, 7) is 7.48. The van der Waals surface area contributed by atoms with Crippen molar-refractivity contribution in [3.05, 3.63) is 34.9 Å². The van der Waals surface area contributed by atoms with Crippen LogP contribution in [0.25, 0.3) is 0 Å². The summed E-state index contributed by atoms with van der Waals surface area (Å²) < 4.78 is 0. The van der Waals surface area contributed by atoms with Crippen molar-refractivity contribution >= 4 is 23.5 Å². The molecule has 1 amide bonds. The lowest BCUT2D eigenvalue weighted by atomic mass is 9.84. The third kappa shape index (κ3) is 5.68. The molecule has 0 saturated heterocycles. The van der Waals surface area contributed by atoms with Crippen LogP contribution in [0, 0.1) is 11.3 Å². The van der Waals surface area contributed by atoms with Gasteiger partial charge in [-0.25, -0.2) is 4.79 Å². The van der Waals surface area contributed by atoms with Crippen molar-refractivity contribution in [2.24, 2.45) is 11.3 Å².